The number of para-hydroxylation sites is 1. The smallest absolute Gasteiger partial charge is 0.138 e. The van der Waals surface area contributed by atoms with Gasteiger partial charge in [-0.3, -0.25) is 0 Å². The zero-order valence-corrected chi connectivity index (χ0v) is 12.8. The van der Waals surface area contributed by atoms with Gasteiger partial charge in [-0.25, -0.2) is 0 Å². The van der Waals surface area contributed by atoms with E-state index in [0.29, 0.717) is 11.7 Å². The Morgan fingerprint density at radius 3 is 2.67 bits per heavy atom. The van der Waals surface area contributed by atoms with Crippen molar-refractivity contribution in [1.29, 1.82) is 0 Å². The lowest BCUT2D eigenvalue weighted by molar-refractivity contribution is -0.0632. The molecule has 21 heavy (non-hydrogen) atoms. The number of aryl methyl sites for hydroxylation is 1. The Morgan fingerprint density at radius 1 is 1.24 bits per heavy atom. The van der Waals surface area contributed by atoms with Gasteiger partial charge in [0.05, 0.1) is 6.10 Å². The number of ether oxygens (including phenoxy) is 1. The van der Waals surface area contributed by atoms with E-state index in [1.165, 1.54) is 19.3 Å². The summed E-state index contributed by atoms with van der Waals surface area (Å²) in [5.74, 6) is 1.05. The molecule has 114 valence electrons. The third-order valence-electron chi connectivity index (χ3n) is 4.75. The number of benzene rings is 1. The normalized spacial score (nSPS) is 19.8. The maximum atomic E-state index is 10.7. The van der Waals surface area contributed by atoms with Crippen molar-refractivity contribution in [2.24, 2.45) is 5.92 Å². The number of hydrogen-bond acceptors (Lipinski definition) is 3. The topological polar surface area (TPSA) is 42.6 Å². The molecule has 1 N–H and O–H groups in total. The lowest BCUT2D eigenvalue weighted by Crippen LogP contribution is -2.31. The van der Waals surface area contributed by atoms with E-state index >= 15 is 0 Å². The summed E-state index contributed by atoms with van der Waals surface area (Å²) in [6.07, 6.45) is 5.17. The second kappa shape index (κ2) is 6.20. The molecule has 2 unspecified atom stereocenters. The van der Waals surface area contributed by atoms with Gasteiger partial charge in [-0.1, -0.05) is 37.5 Å². The predicted octanol–water partition coefficient (Wildman–Crippen LogP) is 4.37. The summed E-state index contributed by atoms with van der Waals surface area (Å²) in [5, 5.41) is 11.7. The van der Waals surface area contributed by atoms with E-state index < -0.39 is 6.10 Å². The van der Waals surface area contributed by atoms with Gasteiger partial charge in [0, 0.05) is 12.5 Å². The molecule has 0 radical (unpaired) electrons. The van der Waals surface area contributed by atoms with Gasteiger partial charge in [-0.05, 0) is 37.3 Å². The summed E-state index contributed by atoms with van der Waals surface area (Å²) in [6.45, 7) is 2.02. The molecule has 1 aliphatic carbocycles. The summed E-state index contributed by atoms with van der Waals surface area (Å²) < 4.78 is 11.5. The third-order valence-corrected chi connectivity index (χ3v) is 4.75. The fraction of sp³-hybridized carbons (Fsp3) is 0.556. The standard InChI is InChI=1S/C18H24O3/c1-12-7-6-10-14-11-15(21-17(12)14)16(19)18(20-2)13-8-4-3-5-9-13/h6-7,10-11,13,16,18-19H,3-5,8-9H2,1-2H3. The molecule has 0 bridgehead atoms. The Kier molecular flexibility index (Phi) is 4.32. The van der Waals surface area contributed by atoms with Crippen LogP contribution in [0.1, 0.15) is 49.5 Å². The van der Waals surface area contributed by atoms with E-state index in [9.17, 15) is 5.11 Å². The van der Waals surface area contributed by atoms with E-state index in [0.717, 1.165) is 29.4 Å². The van der Waals surface area contributed by atoms with E-state index in [4.69, 9.17) is 9.15 Å². The van der Waals surface area contributed by atoms with E-state index in [1.807, 2.05) is 31.2 Å². The highest BCUT2D eigenvalue weighted by Gasteiger charge is 2.32. The van der Waals surface area contributed by atoms with Crippen LogP contribution >= 0.6 is 0 Å². The third kappa shape index (κ3) is 2.85. The zero-order chi connectivity index (χ0) is 14.8. The van der Waals surface area contributed by atoms with Crippen LogP contribution in [0.3, 0.4) is 0 Å². The maximum Gasteiger partial charge on any atom is 0.138 e. The first-order chi connectivity index (χ1) is 10.2. The molecule has 1 fully saturated rings. The molecule has 3 nitrogen and oxygen atoms in total. The second-order valence-corrected chi connectivity index (χ2v) is 6.19. The highest BCUT2D eigenvalue weighted by atomic mass is 16.5. The Morgan fingerprint density at radius 2 is 2.00 bits per heavy atom. The van der Waals surface area contributed by atoms with Crippen LogP contribution in [0.15, 0.2) is 28.7 Å². The molecule has 3 heteroatoms. The van der Waals surface area contributed by atoms with Crippen LogP contribution in [0.5, 0.6) is 0 Å². The Balaban J connectivity index is 1.87. The number of aliphatic hydroxyl groups is 1. The quantitative estimate of drug-likeness (QED) is 0.908. The molecule has 2 aromatic rings. The molecule has 0 amide bonds. The molecule has 1 saturated carbocycles. The first kappa shape index (κ1) is 14.6. The van der Waals surface area contributed by atoms with Gasteiger partial charge in [0.15, 0.2) is 0 Å². The second-order valence-electron chi connectivity index (χ2n) is 6.19. The average Bonchev–Trinajstić information content (AvgIpc) is 2.95. The van der Waals surface area contributed by atoms with Crippen molar-refractivity contribution >= 4 is 11.0 Å². The molecule has 1 heterocycles. The van der Waals surface area contributed by atoms with E-state index in [-0.39, 0.29) is 6.10 Å². The highest BCUT2D eigenvalue weighted by molar-refractivity contribution is 5.80. The van der Waals surface area contributed by atoms with Gasteiger partial charge in [0.2, 0.25) is 0 Å². The molecular weight excluding hydrogens is 264 g/mol. The zero-order valence-electron chi connectivity index (χ0n) is 12.8. The Labute approximate surface area is 125 Å². The van der Waals surface area contributed by atoms with E-state index in [1.54, 1.807) is 7.11 Å². The minimum Gasteiger partial charge on any atom is -0.458 e. The number of rotatable bonds is 4. The van der Waals surface area contributed by atoms with Gasteiger partial charge >= 0.3 is 0 Å². The number of fused-ring (bicyclic) bond motifs is 1. The van der Waals surface area contributed by atoms with Crippen molar-refractivity contribution in [2.45, 2.75) is 51.2 Å². The van der Waals surface area contributed by atoms with Gasteiger partial charge in [0.1, 0.15) is 17.4 Å². The lowest BCUT2D eigenvalue weighted by Gasteiger charge is -2.31. The van der Waals surface area contributed by atoms with E-state index in [2.05, 4.69) is 0 Å². The predicted molar refractivity (Wildman–Crippen MR) is 83.3 cm³/mol. The highest BCUT2D eigenvalue weighted by Crippen LogP contribution is 2.36. The monoisotopic (exact) mass is 288 g/mol. The van der Waals surface area contributed by atoms with Crippen molar-refractivity contribution in [3.8, 4) is 0 Å². The first-order valence-corrected chi connectivity index (χ1v) is 7.90. The van der Waals surface area contributed by atoms with Crippen LogP contribution in [0.2, 0.25) is 0 Å². The summed E-state index contributed by atoms with van der Waals surface area (Å²) in [4.78, 5) is 0. The SMILES string of the molecule is COC(C1CCCCC1)C(O)c1cc2cccc(C)c2o1. The maximum absolute atomic E-state index is 10.7. The fourth-order valence-electron chi connectivity index (χ4n) is 3.58. The summed E-state index contributed by atoms with van der Waals surface area (Å²) in [5.41, 5.74) is 1.96. The van der Waals surface area contributed by atoms with Crippen LogP contribution in [-0.4, -0.2) is 18.3 Å². The molecule has 2 atom stereocenters. The van der Waals surface area contributed by atoms with Gasteiger partial charge in [-0.2, -0.15) is 0 Å². The summed E-state index contributed by atoms with van der Waals surface area (Å²) >= 11 is 0. The largest absolute Gasteiger partial charge is 0.458 e. The number of furan rings is 1. The summed E-state index contributed by atoms with van der Waals surface area (Å²) in [6, 6.07) is 8.00. The van der Waals surface area contributed by atoms with Crippen LogP contribution < -0.4 is 0 Å². The Hall–Kier alpha value is -1.32. The molecule has 3 rings (SSSR count). The van der Waals surface area contributed by atoms with Crippen molar-refractivity contribution < 1.29 is 14.3 Å². The molecular formula is C18H24O3. The molecule has 0 spiro atoms. The number of hydrogen-bond donors (Lipinski definition) is 1. The summed E-state index contributed by atoms with van der Waals surface area (Å²) in [7, 11) is 1.69. The van der Waals surface area contributed by atoms with Gasteiger partial charge < -0.3 is 14.3 Å². The lowest BCUT2D eigenvalue weighted by atomic mass is 9.83. The first-order valence-electron chi connectivity index (χ1n) is 7.90. The molecule has 1 aliphatic rings. The van der Waals surface area contributed by atoms with Gasteiger partial charge in [0.25, 0.3) is 0 Å². The minimum absolute atomic E-state index is 0.175. The molecule has 0 aliphatic heterocycles. The fourth-order valence-corrected chi connectivity index (χ4v) is 3.58. The molecule has 0 saturated heterocycles. The molecule has 1 aromatic carbocycles. The van der Waals surface area contributed by atoms with Crippen LogP contribution in [-0.2, 0) is 4.74 Å². The Bertz CT molecular complexity index is 596. The van der Waals surface area contributed by atoms with Crippen LogP contribution in [0, 0.1) is 12.8 Å². The van der Waals surface area contributed by atoms with Crippen molar-refractivity contribution in [1.82, 2.24) is 0 Å². The van der Waals surface area contributed by atoms with Gasteiger partial charge in [-0.15, -0.1) is 0 Å². The van der Waals surface area contributed by atoms with Crippen LogP contribution in [0.4, 0.5) is 0 Å². The molecule has 1 aromatic heterocycles. The van der Waals surface area contributed by atoms with Crippen molar-refractivity contribution in [3.63, 3.8) is 0 Å². The van der Waals surface area contributed by atoms with Crippen LogP contribution in [0.25, 0.3) is 11.0 Å². The average molecular weight is 288 g/mol. The van der Waals surface area contributed by atoms with Crippen molar-refractivity contribution in [2.75, 3.05) is 7.11 Å². The number of aliphatic hydroxyl groups excluding tert-OH is 1. The van der Waals surface area contributed by atoms with Crippen molar-refractivity contribution in [3.05, 3.63) is 35.6 Å². The minimum atomic E-state index is -0.690. The number of methoxy groups -OCH3 is 1.